The Kier molecular flexibility index (Phi) is 2.84. The summed E-state index contributed by atoms with van der Waals surface area (Å²) in [5.41, 5.74) is 2.18. The maximum Gasteiger partial charge on any atom is 0.175 e. The van der Waals surface area contributed by atoms with E-state index in [0.29, 0.717) is 6.42 Å². The van der Waals surface area contributed by atoms with Crippen molar-refractivity contribution in [2.75, 3.05) is 0 Å². The number of nitrogens with zero attached hydrogens (tertiary/aromatic N) is 1. The average molecular weight is 308 g/mol. The molecule has 0 unspecified atom stereocenters. The second-order valence-electron chi connectivity index (χ2n) is 4.18. The number of rotatable bonds is 1. The Morgan fingerprint density at radius 2 is 2.00 bits per heavy atom. The largest absolute Gasteiger partial charge is 0.293 e. The summed E-state index contributed by atoms with van der Waals surface area (Å²) in [7, 11) is 0. The Morgan fingerprint density at radius 1 is 1.24 bits per heavy atom. The molecule has 0 fully saturated rings. The predicted molar refractivity (Wildman–Crippen MR) is 71.6 cm³/mol. The van der Waals surface area contributed by atoms with Gasteiger partial charge in [-0.3, -0.25) is 4.79 Å². The maximum atomic E-state index is 12.0. The lowest BCUT2D eigenvalue weighted by atomic mass is 9.85. The monoisotopic (exact) mass is 307 g/mol. The molecule has 1 atom stereocenters. The van der Waals surface area contributed by atoms with E-state index in [0.717, 1.165) is 20.9 Å². The quantitative estimate of drug-likeness (QED) is 0.801. The molecule has 86 valence electrons. The molecule has 1 aliphatic carbocycles. The topological polar surface area (TPSA) is 30.0 Å². The van der Waals surface area contributed by atoms with E-state index in [-0.39, 0.29) is 11.7 Å². The molecule has 0 bridgehead atoms. The Bertz CT molecular complexity index is 564. The molecule has 0 spiro atoms. The van der Waals surface area contributed by atoms with Gasteiger partial charge in [-0.15, -0.1) is 11.3 Å². The third-order valence-electron chi connectivity index (χ3n) is 3.07. The Hall–Kier alpha value is -1.00. The fourth-order valence-corrected chi connectivity index (χ4v) is 3.73. The first-order chi connectivity index (χ1) is 8.24. The molecule has 0 N–H and O–H groups in total. The lowest BCUT2D eigenvalue weighted by Gasteiger charge is -2.20. The lowest BCUT2D eigenvalue weighted by molar-refractivity contribution is 0.0968. The highest BCUT2D eigenvalue weighted by molar-refractivity contribution is 9.11. The number of aromatic nitrogens is 1. The summed E-state index contributed by atoms with van der Waals surface area (Å²) in [6.07, 6.45) is 1.47. The van der Waals surface area contributed by atoms with Crippen LogP contribution in [0.3, 0.4) is 0 Å². The molecule has 0 saturated carbocycles. The van der Waals surface area contributed by atoms with Gasteiger partial charge in [-0.1, -0.05) is 30.3 Å². The average Bonchev–Trinajstić information content (AvgIpc) is 2.71. The Labute approximate surface area is 112 Å². The van der Waals surface area contributed by atoms with Crippen molar-refractivity contribution < 1.29 is 4.79 Å². The first kappa shape index (κ1) is 11.1. The van der Waals surface area contributed by atoms with Crippen LogP contribution in [-0.4, -0.2) is 10.8 Å². The van der Waals surface area contributed by atoms with Crippen LogP contribution >= 0.6 is 27.3 Å². The van der Waals surface area contributed by atoms with Gasteiger partial charge in [-0.05, 0) is 33.8 Å². The van der Waals surface area contributed by atoms with Gasteiger partial charge in [-0.2, -0.15) is 0 Å². The highest BCUT2D eigenvalue weighted by Gasteiger charge is 2.29. The van der Waals surface area contributed by atoms with Crippen molar-refractivity contribution in [3.63, 3.8) is 0 Å². The van der Waals surface area contributed by atoms with Crippen LogP contribution in [-0.2, 0) is 6.42 Å². The van der Waals surface area contributed by atoms with Crippen molar-refractivity contribution in [3.05, 3.63) is 50.4 Å². The molecule has 1 aliphatic rings. The molecule has 3 rings (SSSR count). The molecular formula is C13H10BrNOS. The summed E-state index contributed by atoms with van der Waals surface area (Å²) in [5.74, 6) is 0.508. The number of fused-ring (bicyclic) bond motifs is 1. The van der Waals surface area contributed by atoms with Gasteiger partial charge in [0.25, 0.3) is 0 Å². The fourth-order valence-electron chi connectivity index (χ4n) is 2.26. The minimum atomic E-state index is 0.225. The fraction of sp³-hybridized carbons (Fsp3) is 0.231. The third-order valence-corrected chi connectivity index (χ3v) is 4.66. The number of hydrogen-bond acceptors (Lipinski definition) is 3. The number of thiazole rings is 1. The SMILES string of the molecule is O=C1C[C@@H](c2ccccc2)Cc2nc(Br)sc21. The molecule has 0 saturated heterocycles. The number of hydrogen-bond donors (Lipinski definition) is 0. The molecule has 2 nitrogen and oxygen atoms in total. The number of halogens is 1. The molecule has 0 amide bonds. The molecule has 1 aromatic heterocycles. The van der Waals surface area contributed by atoms with E-state index in [1.54, 1.807) is 0 Å². The highest BCUT2D eigenvalue weighted by Crippen LogP contribution is 2.36. The number of carbonyl (C=O) groups excluding carboxylic acids is 1. The van der Waals surface area contributed by atoms with Gasteiger partial charge in [-0.25, -0.2) is 4.98 Å². The molecule has 4 heteroatoms. The zero-order chi connectivity index (χ0) is 11.8. The van der Waals surface area contributed by atoms with Crippen molar-refractivity contribution in [3.8, 4) is 0 Å². The van der Waals surface area contributed by atoms with E-state index in [1.807, 2.05) is 18.2 Å². The minimum Gasteiger partial charge on any atom is -0.293 e. The maximum absolute atomic E-state index is 12.0. The summed E-state index contributed by atoms with van der Waals surface area (Å²) in [5, 5.41) is 0. The first-order valence-electron chi connectivity index (χ1n) is 5.47. The van der Waals surface area contributed by atoms with E-state index in [4.69, 9.17) is 0 Å². The third kappa shape index (κ3) is 2.07. The van der Waals surface area contributed by atoms with Gasteiger partial charge in [0.15, 0.2) is 9.70 Å². The van der Waals surface area contributed by atoms with E-state index in [9.17, 15) is 4.79 Å². The zero-order valence-electron chi connectivity index (χ0n) is 9.02. The molecule has 1 aromatic carbocycles. The van der Waals surface area contributed by atoms with Crippen LogP contribution in [0, 0.1) is 0 Å². The van der Waals surface area contributed by atoms with Crippen molar-refractivity contribution >= 4 is 33.0 Å². The predicted octanol–water partition coefficient (Wildman–Crippen LogP) is 3.82. The molecule has 0 aliphatic heterocycles. The van der Waals surface area contributed by atoms with Crippen molar-refractivity contribution in [2.24, 2.45) is 0 Å². The number of Topliss-reactive ketones (excluding diaryl/α,β-unsaturated/α-hetero) is 1. The molecule has 2 aromatic rings. The van der Waals surface area contributed by atoms with Crippen LogP contribution in [0.15, 0.2) is 34.2 Å². The molecule has 17 heavy (non-hydrogen) atoms. The summed E-state index contributed by atoms with van der Waals surface area (Å²) in [6, 6.07) is 10.2. The Morgan fingerprint density at radius 3 is 2.76 bits per heavy atom. The van der Waals surface area contributed by atoms with Crippen LogP contribution in [0.1, 0.15) is 33.3 Å². The highest BCUT2D eigenvalue weighted by atomic mass is 79.9. The molecule has 0 radical (unpaired) electrons. The van der Waals surface area contributed by atoms with E-state index in [1.165, 1.54) is 16.9 Å². The van der Waals surface area contributed by atoms with Gasteiger partial charge in [0.2, 0.25) is 0 Å². The summed E-state index contributed by atoms with van der Waals surface area (Å²) in [4.78, 5) is 17.3. The number of ketones is 1. The number of carbonyl (C=O) groups is 1. The second-order valence-corrected chi connectivity index (χ2v) is 6.46. The van der Waals surface area contributed by atoms with Crippen LogP contribution in [0.25, 0.3) is 0 Å². The minimum absolute atomic E-state index is 0.225. The van der Waals surface area contributed by atoms with Gasteiger partial charge in [0, 0.05) is 6.42 Å². The smallest absolute Gasteiger partial charge is 0.175 e. The van der Waals surface area contributed by atoms with Crippen molar-refractivity contribution in [2.45, 2.75) is 18.8 Å². The van der Waals surface area contributed by atoms with Gasteiger partial charge >= 0.3 is 0 Å². The molecular weight excluding hydrogens is 298 g/mol. The van der Waals surface area contributed by atoms with Crippen molar-refractivity contribution in [1.82, 2.24) is 4.98 Å². The first-order valence-corrected chi connectivity index (χ1v) is 7.08. The summed E-state index contributed by atoms with van der Waals surface area (Å²) in [6.45, 7) is 0. The van der Waals surface area contributed by atoms with Gasteiger partial charge in [0.1, 0.15) is 0 Å². The van der Waals surface area contributed by atoms with E-state index >= 15 is 0 Å². The van der Waals surface area contributed by atoms with Gasteiger partial charge in [0.05, 0.1) is 10.6 Å². The van der Waals surface area contributed by atoms with Crippen LogP contribution < -0.4 is 0 Å². The summed E-state index contributed by atoms with van der Waals surface area (Å²) >= 11 is 4.80. The van der Waals surface area contributed by atoms with Crippen LogP contribution in [0.5, 0.6) is 0 Å². The normalized spacial score (nSPS) is 19.1. The van der Waals surface area contributed by atoms with Crippen LogP contribution in [0.2, 0.25) is 0 Å². The standard InChI is InChI=1S/C13H10BrNOS/c14-13-15-10-6-9(7-11(16)12(10)17-13)8-4-2-1-3-5-8/h1-5,9H,6-7H2/t9-/m0/s1. The molecule has 1 heterocycles. The second kappa shape index (κ2) is 4.35. The van der Waals surface area contributed by atoms with E-state index < -0.39 is 0 Å². The lowest BCUT2D eigenvalue weighted by Crippen LogP contribution is -2.17. The van der Waals surface area contributed by atoms with Crippen molar-refractivity contribution in [1.29, 1.82) is 0 Å². The summed E-state index contributed by atoms with van der Waals surface area (Å²) < 4.78 is 0.810. The van der Waals surface area contributed by atoms with Crippen LogP contribution in [0.4, 0.5) is 0 Å². The van der Waals surface area contributed by atoms with Gasteiger partial charge < -0.3 is 0 Å². The number of benzene rings is 1. The Balaban J connectivity index is 1.96. The zero-order valence-corrected chi connectivity index (χ0v) is 11.4. The van der Waals surface area contributed by atoms with E-state index in [2.05, 4.69) is 33.0 Å².